The second-order valence-corrected chi connectivity index (χ2v) is 2.95. The minimum Gasteiger partial charge on any atom is -0.450 e. The van der Waals surface area contributed by atoms with Gasteiger partial charge in [0.25, 0.3) is 0 Å². The molecule has 0 heterocycles. The van der Waals surface area contributed by atoms with Crippen molar-refractivity contribution >= 4 is 23.4 Å². The van der Waals surface area contributed by atoms with E-state index in [1.54, 1.807) is 13.0 Å². The summed E-state index contributed by atoms with van der Waals surface area (Å²) in [7, 11) is 0. The van der Waals surface area contributed by atoms with Crippen molar-refractivity contribution in [1.29, 1.82) is 0 Å². The van der Waals surface area contributed by atoms with E-state index in [1.807, 2.05) is 18.2 Å². The van der Waals surface area contributed by atoms with Crippen molar-refractivity contribution in [2.75, 3.05) is 11.9 Å². The molecule has 3 nitrogen and oxygen atoms in total. The Kier molecular flexibility index (Phi) is 4.26. The van der Waals surface area contributed by atoms with Gasteiger partial charge in [-0.3, -0.25) is 5.32 Å². The van der Waals surface area contributed by atoms with Gasteiger partial charge in [0.15, 0.2) is 0 Å². The molecule has 0 bridgehead atoms. The number of rotatable bonds is 3. The van der Waals surface area contributed by atoms with Crippen LogP contribution in [0, 0.1) is 0 Å². The molecule has 1 rings (SSSR count). The average Bonchev–Trinajstić information content (AvgIpc) is 2.18. The first-order valence-electron chi connectivity index (χ1n) is 4.35. The molecule has 0 spiro atoms. The molecule has 0 saturated heterocycles. The van der Waals surface area contributed by atoms with Crippen LogP contribution < -0.4 is 5.32 Å². The van der Waals surface area contributed by atoms with E-state index in [1.165, 1.54) is 0 Å². The van der Waals surface area contributed by atoms with Crippen molar-refractivity contribution < 1.29 is 9.53 Å². The molecule has 14 heavy (non-hydrogen) atoms. The van der Waals surface area contributed by atoms with Crippen molar-refractivity contribution in [3.05, 3.63) is 29.8 Å². The predicted octanol–water partition coefficient (Wildman–Crippen LogP) is 2.99. The fourth-order valence-electron chi connectivity index (χ4n) is 1.02. The van der Waals surface area contributed by atoms with E-state index in [0.29, 0.717) is 18.2 Å². The Morgan fingerprint density at radius 1 is 1.57 bits per heavy atom. The van der Waals surface area contributed by atoms with Gasteiger partial charge in [0.1, 0.15) is 0 Å². The van der Waals surface area contributed by atoms with E-state index in [2.05, 4.69) is 5.32 Å². The normalized spacial score (nSPS) is 9.57. The Morgan fingerprint density at radius 2 is 2.36 bits per heavy atom. The van der Waals surface area contributed by atoms with Crippen molar-refractivity contribution in [2.45, 2.75) is 12.8 Å². The highest BCUT2D eigenvalue weighted by molar-refractivity contribution is 6.17. The number of hydrogen-bond donors (Lipinski definition) is 1. The average molecular weight is 214 g/mol. The van der Waals surface area contributed by atoms with Crippen LogP contribution in [-0.2, 0) is 10.6 Å². The standard InChI is InChI=1S/C10H12ClNO2/c1-2-14-10(13)12-9-5-3-4-8(6-9)7-11/h3-6H,2,7H2,1H3,(H,12,13). The Bertz CT molecular complexity index is 315. The first-order valence-corrected chi connectivity index (χ1v) is 4.88. The second kappa shape index (κ2) is 5.50. The summed E-state index contributed by atoms with van der Waals surface area (Å²) in [5.41, 5.74) is 1.66. The molecule has 1 aromatic carbocycles. The van der Waals surface area contributed by atoms with E-state index < -0.39 is 6.09 Å². The Balaban J connectivity index is 2.62. The Labute approximate surface area is 88.0 Å². The zero-order valence-electron chi connectivity index (χ0n) is 7.92. The van der Waals surface area contributed by atoms with Crippen LogP contribution in [0.5, 0.6) is 0 Å². The number of alkyl halides is 1. The first kappa shape index (κ1) is 10.9. The molecule has 0 aliphatic carbocycles. The van der Waals surface area contributed by atoms with Gasteiger partial charge in [0.2, 0.25) is 0 Å². The molecule has 76 valence electrons. The predicted molar refractivity (Wildman–Crippen MR) is 56.6 cm³/mol. The lowest BCUT2D eigenvalue weighted by Crippen LogP contribution is -2.13. The number of benzene rings is 1. The number of hydrogen-bond acceptors (Lipinski definition) is 2. The van der Waals surface area contributed by atoms with Crippen LogP contribution in [0.1, 0.15) is 12.5 Å². The maximum Gasteiger partial charge on any atom is 0.411 e. The largest absolute Gasteiger partial charge is 0.450 e. The molecule has 0 aliphatic heterocycles. The lowest BCUT2D eigenvalue weighted by Gasteiger charge is -2.05. The molecule has 0 saturated carbocycles. The van der Waals surface area contributed by atoms with Gasteiger partial charge < -0.3 is 4.74 Å². The van der Waals surface area contributed by atoms with Crippen LogP contribution in [0.25, 0.3) is 0 Å². The topological polar surface area (TPSA) is 38.3 Å². The zero-order valence-corrected chi connectivity index (χ0v) is 8.67. The van der Waals surface area contributed by atoms with Crippen molar-refractivity contribution in [3.8, 4) is 0 Å². The van der Waals surface area contributed by atoms with Crippen LogP contribution in [-0.4, -0.2) is 12.7 Å². The zero-order chi connectivity index (χ0) is 10.4. The molecule has 0 unspecified atom stereocenters. The summed E-state index contributed by atoms with van der Waals surface area (Å²) in [6, 6.07) is 7.32. The maximum atomic E-state index is 11.0. The number of carbonyl (C=O) groups is 1. The van der Waals surface area contributed by atoms with Gasteiger partial charge in [-0.15, -0.1) is 11.6 Å². The quantitative estimate of drug-likeness (QED) is 0.784. The van der Waals surface area contributed by atoms with Crippen molar-refractivity contribution in [1.82, 2.24) is 0 Å². The number of nitrogens with one attached hydrogen (secondary N) is 1. The van der Waals surface area contributed by atoms with Crippen LogP contribution >= 0.6 is 11.6 Å². The second-order valence-electron chi connectivity index (χ2n) is 2.68. The number of halogens is 1. The van der Waals surface area contributed by atoms with Crippen LogP contribution in [0.3, 0.4) is 0 Å². The highest BCUT2D eigenvalue weighted by Gasteiger charge is 2.01. The number of anilines is 1. The summed E-state index contributed by atoms with van der Waals surface area (Å²) in [6.07, 6.45) is -0.445. The van der Waals surface area contributed by atoms with E-state index in [4.69, 9.17) is 16.3 Å². The van der Waals surface area contributed by atoms with Crippen molar-refractivity contribution in [3.63, 3.8) is 0 Å². The lowest BCUT2D eigenvalue weighted by molar-refractivity contribution is 0.168. The highest BCUT2D eigenvalue weighted by Crippen LogP contribution is 2.12. The van der Waals surface area contributed by atoms with Gasteiger partial charge >= 0.3 is 6.09 Å². The monoisotopic (exact) mass is 213 g/mol. The number of carbonyl (C=O) groups excluding carboxylic acids is 1. The summed E-state index contributed by atoms with van der Waals surface area (Å²) >= 11 is 5.65. The third-order valence-corrected chi connectivity index (χ3v) is 1.91. The van der Waals surface area contributed by atoms with Crippen LogP contribution in [0.4, 0.5) is 10.5 Å². The third kappa shape index (κ3) is 3.26. The molecule has 4 heteroatoms. The van der Waals surface area contributed by atoms with Gasteiger partial charge in [-0.25, -0.2) is 4.79 Å². The Morgan fingerprint density at radius 3 is 3.00 bits per heavy atom. The van der Waals surface area contributed by atoms with E-state index >= 15 is 0 Å². The number of ether oxygens (including phenoxy) is 1. The van der Waals surface area contributed by atoms with Gasteiger partial charge in [0.05, 0.1) is 6.61 Å². The summed E-state index contributed by atoms with van der Waals surface area (Å²) in [6.45, 7) is 2.12. The minimum atomic E-state index is -0.445. The molecular formula is C10H12ClNO2. The molecule has 1 aromatic rings. The van der Waals surface area contributed by atoms with Crippen LogP contribution in [0.2, 0.25) is 0 Å². The summed E-state index contributed by atoms with van der Waals surface area (Å²) < 4.78 is 4.74. The first-order chi connectivity index (χ1) is 6.76. The highest BCUT2D eigenvalue weighted by atomic mass is 35.5. The SMILES string of the molecule is CCOC(=O)Nc1cccc(CCl)c1. The Hall–Kier alpha value is -1.22. The van der Waals surface area contributed by atoms with Gasteiger partial charge in [-0.1, -0.05) is 12.1 Å². The smallest absolute Gasteiger partial charge is 0.411 e. The molecule has 0 aliphatic rings. The summed E-state index contributed by atoms with van der Waals surface area (Å²) in [5.74, 6) is 0.429. The fourth-order valence-corrected chi connectivity index (χ4v) is 1.18. The number of amides is 1. The molecule has 0 fully saturated rings. The molecular weight excluding hydrogens is 202 g/mol. The van der Waals surface area contributed by atoms with Gasteiger partial charge in [-0.05, 0) is 24.6 Å². The molecule has 0 aromatic heterocycles. The van der Waals surface area contributed by atoms with Crippen molar-refractivity contribution in [2.24, 2.45) is 0 Å². The summed E-state index contributed by atoms with van der Waals surface area (Å²) in [5, 5.41) is 2.60. The summed E-state index contributed by atoms with van der Waals surface area (Å²) in [4.78, 5) is 11.0. The van der Waals surface area contributed by atoms with Crippen LogP contribution in [0.15, 0.2) is 24.3 Å². The molecule has 0 radical (unpaired) electrons. The van der Waals surface area contributed by atoms with E-state index in [-0.39, 0.29) is 0 Å². The maximum absolute atomic E-state index is 11.0. The van der Waals surface area contributed by atoms with E-state index in [9.17, 15) is 4.79 Å². The van der Waals surface area contributed by atoms with E-state index in [0.717, 1.165) is 5.56 Å². The minimum absolute atomic E-state index is 0.362. The molecule has 1 amide bonds. The molecule has 0 atom stereocenters. The third-order valence-electron chi connectivity index (χ3n) is 1.60. The fraction of sp³-hybridized carbons (Fsp3) is 0.300. The van der Waals surface area contributed by atoms with Gasteiger partial charge in [-0.2, -0.15) is 0 Å². The molecule has 1 N–H and O–H groups in total. The van der Waals surface area contributed by atoms with Gasteiger partial charge in [0, 0.05) is 11.6 Å². The lowest BCUT2D eigenvalue weighted by atomic mass is 10.2.